The van der Waals surface area contributed by atoms with Gasteiger partial charge in [0.05, 0.1) is 5.69 Å². The lowest BCUT2D eigenvalue weighted by Gasteiger charge is -2.15. The van der Waals surface area contributed by atoms with Crippen molar-refractivity contribution in [1.29, 1.82) is 0 Å². The zero-order valence-electron chi connectivity index (χ0n) is 18.2. The predicted molar refractivity (Wildman–Crippen MR) is 113 cm³/mol. The van der Waals surface area contributed by atoms with E-state index in [2.05, 4.69) is 25.0 Å². The molecule has 33 heavy (non-hydrogen) atoms. The molecule has 2 aromatic heterocycles. The van der Waals surface area contributed by atoms with Gasteiger partial charge in [0.15, 0.2) is 5.69 Å². The minimum Gasteiger partial charge on any atom is -0.381 e. The summed E-state index contributed by atoms with van der Waals surface area (Å²) in [5.41, 5.74) is 2.65. The highest BCUT2D eigenvalue weighted by molar-refractivity contribution is 5.99. The van der Waals surface area contributed by atoms with E-state index >= 15 is 0 Å². The first-order valence-electron chi connectivity index (χ1n) is 11.1. The van der Waals surface area contributed by atoms with E-state index in [1.165, 1.54) is 17.5 Å². The molecule has 0 saturated carbocycles. The van der Waals surface area contributed by atoms with E-state index in [-0.39, 0.29) is 5.69 Å². The molecule has 178 valence electrons. The maximum absolute atomic E-state index is 12.7. The second-order valence-electron chi connectivity index (χ2n) is 8.26. The van der Waals surface area contributed by atoms with Crippen LogP contribution < -0.4 is 5.32 Å². The van der Waals surface area contributed by atoms with Crippen LogP contribution in [-0.4, -0.2) is 70.5 Å². The van der Waals surface area contributed by atoms with Gasteiger partial charge in [0.25, 0.3) is 0 Å². The Morgan fingerprint density at radius 1 is 1.12 bits per heavy atom. The average Bonchev–Trinajstić information content (AvgIpc) is 3.43. The second kappa shape index (κ2) is 10.0. The SMILES string of the molecule is O=C(OC(=O)C(F)(F)F)c1c2c(nn1CCCNCCN1CCCC1)-c1ccncc1CC2. The minimum atomic E-state index is -5.25. The highest BCUT2D eigenvalue weighted by Crippen LogP contribution is 2.34. The molecule has 1 aliphatic carbocycles. The quantitative estimate of drug-likeness (QED) is 0.364. The summed E-state index contributed by atoms with van der Waals surface area (Å²) in [5, 5.41) is 7.87. The molecule has 2 aromatic rings. The van der Waals surface area contributed by atoms with Gasteiger partial charge < -0.3 is 15.0 Å². The minimum absolute atomic E-state index is 0.0953. The molecule has 1 aliphatic heterocycles. The topological polar surface area (TPSA) is 89.3 Å². The number of hydrogen-bond donors (Lipinski definition) is 1. The molecule has 1 saturated heterocycles. The van der Waals surface area contributed by atoms with Crippen molar-refractivity contribution in [3.63, 3.8) is 0 Å². The number of ether oxygens (including phenoxy) is 1. The number of halogens is 3. The Morgan fingerprint density at radius 3 is 2.67 bits per heavy atom. The van der Waals surface area contributed by atoms with Gasteiger partial charge in [-0.25, -0.2) is 9.59 Å². The lowest BCUT2D eigenvalue weighted by atomic mass is 9.90. The van der Waals surface area contributed by atoms with Crippen molar-refractivity contribution in [3.8, 4) is 11.3 Å². The van der Waals surface area contributed by atoms with Gasteiger partial charge in [0, 0.05) is 43.2 Å². The largest absolute Gasteiger partial charge is 0.491 e. The molecule has 0 aromatic carbocycles. The van der Waals surface area contributed by atoms with Crippen LogP contribution in [0.5, 0.6) is 0 Å². The van der Waals surface area contributed by atoms with Gasteiger partial charge >= 0.3 is 18.1 Å². The van der Waals surface area contributed by atoms with E-state index < -0.39 is 18.1 Å². The van der Waals surface area contributed by atoms with Crippen LogP contribution in [-0.2, 0) is 28.9 Å². The van der Waals surface area contributed by atoms with E-state index in [0.717, 1.165) is 37.3 Å². The van der Waals surface area contributed by atoms with Crippen LogP contribution >= 0.6 is 0 Å². The normalized spacial score (nSPS) is 15.8. The van der Waals surface area contributed by atoms with Crippen LogP contribution in [0.1, 0.15) is 40.9 Å². The number of hydrogen-bond acceptors (Lipinski definition) is 7. The highest BCUT2D eigenvalue weighted by atomic mass is 19.4. The molecule has 8 nitrogen and oxygen atoms in total. The Bertz CT molecular complexity index is 1020. The summed E-state index contributed by atoms with van der Waals surface area (Å²) in [6.45, 7) is 5.02. The van der Waals surface area contributed by atoms with Gasteiger partial charge in [0.2, 0.25) is 0 Å². The summed E-state index contributed by atoms with van der Waals surface area (Å²) in [7, 11) is 0. The Labute approximate surface area is 189 Å². The van der Waals surface area contributed by atoms with Crippen molar-refractivity contribution in [2.45, 2.75) is 44.8 Å². The van der Waals surface area contributed by atoms with Crippen molar-refractivity contribution in [3.05, 3.63) is 35.3 Å². The van der Waals surface area contributed by atoms with Gasteiger partial charge in [-0.3, -0.25) is 9.67 Å². The molecule has 0 bridgehead atoms. The smallest absolute Gasteiger partial charge is 0.381 e. The summed E-state index contributed by atoms with van der Waals surface area (Å²) in [6.07, 6.45) is 2.10. The zero-order chi connectivity index (χ0) is 23.4. The standard InChI is InChI=1S/C22H26F3N5O3/c23-22(24,25)21(32)33-20(31)19-17-5-4-15-14-27-8-6-16(15)18(17)28-30(19)12-3-7-26-9-13-29-10-1-2-11-29/h6,8,14,26H,1-5,7,9-13H2. The number of rotatable bonds is 8. The van der Waals surface area contributed by atoms with E-state index in [9.17, 15) is 22.8 Å². The second-order valence-corrected chi connectivity index (χ2v) is 8.26. The third-order valence-corrected chi connectivity index (χ3v) is 5.99. The van der Waals surface area contributed by atoms with Crippen LogP contribution in [0.15, 0.2) is 18.5 Å². The summed E-state index contributed by atoms with van der Waals surface area (Å²) in [4.78, 5) is 30.4. The van der Waals surface area contributed by atoms with Crippen LogP contribution in [0.4, 0.5) is 13.2 Å². The van der Waals surface area contributed by atoms with E-state index in [4.69, 9.17) is 0 Å². The molecular formula is C22H26F3N5O3. The van der Waals surface area contributed by atoms with Crippen LogP contribution in [0.25, 0.3) is 11.3 Å². The Hall–Kier alpha value is -2.79. The van der Waals surface area contributed by atoms with Crippen LogP contribution in [0, 0.1) is 0 Å². The molecule has 1 fully saturated rings. The maximum Gasteiger partial charge on any atom is 0.491 e. The molecule has 1 N–H and O–H groups in total. The molecule has 11 heteroatoms. The number of carbonyl (C=O) groups is 2. The number of nitrogens with zero attached hydrogens (tertiary/aromatic N) is 4. The van der Waals surface area contributed by atoms with Crippen molar-refractivity contribution in [1.82, 2.24) is 25.0 Å². The first kappa shape index (κ1) is 23.4. The van der Waals surface area contributed by atoms with E-state index in [0.29, 0.717) is 43.6 Å². The first-order valence-corrected chi connectivity index (χ1v) is 11.1. The molecular weight excluding hydrogens is 439 g/mol. The summed E-state index contributed by atoms with van der Waals surface area (Å²) in [5.74, 6) is -3.86. The number of likely N-dealkylation sites (tertiary alicyclic amines) is 1. The number of nitrogens with one attached hydrogen (secondary N) is 1. The third-order valence-electron chi connectivity index (χ3n) is 5.99. The van der Waals surface area contributed by atoms with Gasteiger partial charge in [-0.1, -0.05) is 0 Å². The fourth-order valence-corrected chi connectivity index (χ4v) is 4.37. The van der Waals surface area contributed by atoms with Crippen molar-refractivity contribution in [2.24, 2.45) is 0 Å². The molecule has 0 unspecified atom stereocenters. The van der Waals surface area contributed by atoms with Gasteiger partial charge in [-0.15, -0.1) is 0 Å². The Morgan fingerprint density at radius 2 is 1.91 bits per heavy atom. The number of aromatic nitrogens is 3. The summed E-state index contributed by atoms with van der Waals surface area (Å²) < 4.78 is 43.5. The van der Waals surface area contributed by atoms with E-state index in [1.54, 1.807) is 18.5 Å². The first-order chi connectivity index (χ1) is 15.8. The average molecular weight is 465 g/mol. The summed E-state index contributed by atoms with van der Waals surface area (Å²) >= 11 is 0. The van der Waals surface area contributed by atoms with Crippen LogP contribution in [0.3, 0.4) is 0 Å². The van der Waals surface area contributed by atoms with Crippen LogP contribution in [0.2, 0.25) is 0 Å². The lowest BCUT2D eigenvalue weighted by molar-refractivity contribution is -0.193. The summed E-state index contributed by atoms with van der Waals surface area (Å²) in [6, 6.07) is 1.76. The number of aryl methyl sites for hydroxylation is 2. The molecule has 2 aliphatic rings. The zero-order valence-corrected chi connectivity index (χ0v) is 18.2. The Kier molecular flexibility index (Phi) is 7.08. The maximum atomic E-state index is 12.7. The molecule has 0 amide bonds. The molecule has 0 atom stereocenters. The van der Waals surface area contributed by atoms with Gasteiger partial charge in [0.1, 0.15) is 0 Å². The molecule has 0 spiro atoms. The third kappa shape index (κ3) is 5.41. The monoisotopic (exact) mass is 465 g/mol. The van der Waals surface area contributed by atoms with Crippen molar-refractivity contribution in [2.75, 3.05) is 32.7 Å². The van der Waals surface area contributed by atoms with Gasteiger partial charge in [-0.05, 0) is 63.4 Å². The molecule has 3 heterocycles. The lowest BCUT2D eigenvalue weighted by Crippen LogP contribution is -2.31. The van der Waals surface area contributed by atoms with Crippen molar-refractivity contribution < 1.29 is 27.5 Å². The number of pyridine rings is 1. The van der Waals surface area contributed by atoms with E-state index in [1.807, 2.05) is 0 Å². The fourth-order valence-electron chi connectivity index (χ4n) is 4.37. The fraction of sp³-hybridized carbons (Fsp3) is 0.545. The van der Waals surface area contributed by atoms with Gasteiger partial charge in [-0.2, -0.15) is 18.3 Å². The number of fused-ring (bicyclic) bond motifs is 3. The molecule has 4 rings (SSSR count). The predicted octanol–water partition coefficient (Wildman–Crippen LogP) is 2.36. The molecule has 0 radical (unpaired) electrons. The number of carbonyl (C=O) groups excluding carboxylic acids is 2. The highest BCUT2D eigenvalue weighted by Gasteiger charge is 2.43. The number of alkyl halides is 3. The number of esters is 2. The van der Waals surface area contributed by atoms with Crippen molar-refractivity contribution >= 4 is 11.9 Å². The Balaban J connectivity index is 1.47.